The Morgan fingerprint density at radius 3 is 2.50 bits per heavy atom. The number of rotatable bonds is 6. The van der Waals surface area contributed by atoms with Crippen molar-refractivity contribution in [3.8, 4) is 0 Å². The van der Waals surface area contributed by atoms with E-state index in [2.05, 4.69) is 48.3 Å². The van der Waals surface area contributed by atoms with Crippen molar-refractivity contribution in [3.05, 3.63) is 0 Å². The molecule has 1 fully saturated rings. The third-order valence-electron chi connectivity index (χ3n) is 4.68. The second-order valence-corrected chi connectivity index (χ2v) is 6.34. The van der Waals surface area contributed by atoms with E-state index in [4.69, 9.17) is 0 Å². The average molecular weight is 282 g/mol. The summed E-state index contributed by atoms with van der Waals surface area (Å²) in [4.78, 5) is 6.73. The van der Waals surface area contributed by atoms with E-state index in [-0.39, 0.29) is 0 Å². The number of aliphatic imine (C=N–C) groups is 1. The number of hydrogen-bond acceptors (Lipinski definition) is 2. The summed E-state index contributed by atoms with van der Waals surface area (Å²) >= 11 is 0. The smallest absolute Gasteiger partial charge is 0.191 e. The molecule has 1 unspecified atom stereocenters. The van der Waals surface area contributed by atoms with E-state index >= 15 is 0 Å². The number of nitrogens with one attached hydrogen (secondary N) is 2. The highest BCUT2D eigenvalue weighted by atomic mass is 15.2. The monoisotopic (exact) mass is 282 g/mol. The maximum absolute atomic E-state index is 4.34. The molecular weight excluding hydrogens is 248 g/mol. The van der Waals surface area contributed by atoms with Crippen LogP contribution in [0.5, 0.6) is 0 Å². The maximum atomic E-state index is 4.34. The summed E-state index contributed by atoms with van der Waals surface area (Å²) in [5, 5.41) is 7.00. The van der Waals surface area contributed by atoms with Crippen LogP contribution >= 0.6 is 0 Å². The van der Waals surface area contributed by atoms with E-state index in [1.807, 2.05) is 7.05 Å². The Kier molecular flexibility index (Phi) is 7.97. The van der Waals surface area contributed by atoms with Gasteiger partial charge in [0.25, 0.3) is 0 Å². The van der Waals surface area contributed by atoms with E-state index in [0.29, 0.717) is 12.1 Å². The molecule has 1 atom stereocenters. The van der Waals surface area contributed by atoms with Crippen LogP contribution in [0, 0.1) is 5.92 Å². The molecule has 0 amide bonds. The zero-order valence-electron chi connectivity index (χ0n) is 14.1. The molecule has 118 valence electrons. The van der Waals surface area contributed by atoms with Gasteiger partial charge in [0.05, 0.1) is 0 Å². The molecular formula is C16H34N4. The molecule has 0 aromatic carbocycles. The number of likely N-dealkylation sites (N-methyl/N-ethyl adjacent to an activating group) is 1. The minimum atomic E-state index is 0.602. The topological polar surface area (TPSA) is 39.7 Å². The second-order valence-electron chi connectivity index (χ2n) is 6.34. The van der Waals surface area contributed by atoms with Crippen molar-refractivity contribution in [1.82, 2.24) is 15.5 Å². The fourth-order valence-corrected chi connectivity index (χ4v) is 2.68. The zero-order chi connectivity index (χ0) is 15.0. The Hall–Kier alpha value is -0.770. The van der Waals surface area contributed by atoms with Crippen LogP contribution in [0.1, 0.15) is 52.9 Å². The van der Waals surface area contributed by atoms with E-state index in [9.17, 15) is 0 Å². The molecule has 1 aliphatic carbocycles. The fraction of sp³-hybridized carbons (Fsp3) is 0.938. The van der Waals surface area contributed by atoms with Crippen LogP contribution in [-0.2, 0) is 0 Å². The summed E-state index contributed by atoms with van der Waals surface area (Å²) < 4.78 is 0. The first-order valence-electron chi connectivity index (χ1n) is 8.24. The number of guanidine groups is 1. The lowest BCUT2D eigenvalue weighted by molar-refractivity contribution is 0.255. The highest BCUT2D eigenvalue weighted by molar-refractivity contribution is 5.79. The summed E-state index contributed by atoms with van der Waals surface area (Å²) in [5.74, 6) is 1.86. The molecule has 0 aromatic rings. The Labute approximate surface area is 125 Å². The number of hydrogen-bond donors (Lipinski definition) is 2. The highest BCUT2D eigenvalue weighted by Gasteiger charge is 2.18. The van der Waals surface area contributed by atoms with Gasteiger partial charge in [-0.2, -0.15) is 0 Å². The van der Waals surface area contributed by atoms with Crippen molar-refractivity contribution < 1.29 is 0 Å². The third-order valence-corrected chi connectivity index (χ3v) is 4.68. The van der Waals surface area contributed by atoms with Crippen LogP contribution in [0.15, 0.2) is 4.99 Å². The molecule has 0 bridgehead atoms. The van der Waals surface area contributed by atoms with Crippen LogP contribution in [0.3, 0.4) is 0 Å². The van der Waals surface area contributed by atoms with E-state index in [1.165, 1.54) is 32.1 Å². The molecule has 1 aliphatic rings. The first-order chi connectivity index (χ1) is 9.56. The minimum Gasteiger partial charge on any atom is -0.355 e. The Morgan fingerprint density at radius 2 is 1.95 bits per heavy atom. The lowest BCUT2D eigenvalue weighted by Crippen LogP contribution is -2.47. The standard InChI is InChI=1S/C16H34N4/c1-6-14(3)20(5)12-11-18-16(17-4)19-15-9-7-13(2)8-10-15/h13-15H,6-12H2,1-5H3,(H2,17,18,19). The van der Waals surface area contributed by atoms with Crippen LogP contribution < -0.4 is 10.6 Å². The van der Waals surface area contributed by atoms with Crippen LogP contribution in [0.4, 0.5) is 0 Å². The van der Waals surface area contributed by atoms with Crippen molar-refractivity contribution >= 4 is 5.96 Å². The van der Waals surface area contributed by atoms with Gasteiger partial charge in [-0.3, -0.25) is 4.99 Å². The molecule has 0 heterocycles. The Balaban J connectivity index is 2.23. The second kappa shape index (κ2) is 9.22. The molecule has 0 aromatic heterocycles. The SMILES string of the molecule is CCC(C)N(C)CCNC(=NC)NC1CCC(C)CC1. The van der Waals surface area contributed by atoms with Crippen molar-refractivity contribution in [2.45, 2.75) is 65.0 Å². The van der Waals surface area contributed by atoms with Gasteiger partial charge in [0.1, 0.15) is 0 Å². The van der Waals surface area contributed by atoms with Gasteiger partial charge < -0.3 is 15.5 Å². The van der Waals surface area contributed by atoms with E-state index in [0.717, 1.165) is 25.0 Å². The molecule has 0 saturated heterocycles. The Morgan fingerprint density at radius 1 is 1.30 bits per heavy atom. The predicted octanol–water partition coefficient (Wildman–Crippen LogP) is 2.46. The van der Waals surface area contributed by atoms with Crippen molar-refractivity contribution in [2.24, 2.45) is 10.9 Å². The van der Waals surface area contributed by atoms with Crippen LogP contribution in [0.25, 0.3) is 0 Å². The average Bonchev–Trinajstić information content (AvgIpc) is 2.47. The molecule has 0 spiro atoms. The van der Waals surface area contributed by atoms with Gasteiger partial charge in [0, 0.05) is 32.2 Å². The van der Waals surface area contributed by atoms with Gasteiger partial charge in [-0.25, -0.2) is 0 Å². The summed E-state index contributed by atoms with van der Waals surface area (Å²) in [5.41, 5.74) is 0. The maximum Gasteiger partial charge on any atom is 0.191 e. The normalized spacial score (nSPS) is 25.6. The first-order valence-corrected chi connectivity index (χ1v) is 8.24. The van der Waals surface area contributed by atoms with Crippen molar-refractivity contribution in [1.29, 1.82) is 0 Å². The molecule has 20 heavy (non-hydrogen) atoms. The summed E-state index contributed by atoms with van der Waals surface area (Å²) in [6.07, 6.45) is 6.42. The van der Waals surface area contributed by atoms with Gasteiger partial charge >= 0.3 is 0 Å². The quantitative estimate of drug-likeness (QED) is 0.581. The third kappa shape index (κ3) is 6.12. The minimum absolute atomic E-state index is 0.602. The molecule has 0 aliphatic heterocycles. The lowest BCUT2D eigenvalue weighted by atomic mass is 9.87. The van der Waals surface area contributed by atoms with Crippen molar-refractivity contribution in [2.75, 3.05) is 27.2 Å². The predicted molar refractivity (Wildman–Crippen MR) is 88.3 cm³/mol. The summed E-state index contributed by atoms with van der Waals surface area (Å²) in [7, 11) is 4.05. The molecule has 0 radical (unpaired) electrons. The summed E-state index contributed by atoms with van der Waals surface area (Å²) in [6.45, 7) is 8.87. The molecule has 1 rings (SSSR count). The molecule has 2 N–H and O–H groups in total. The fourth-order valence-electron chi connectivity index (χ4n) is 2.68. The van der Waals surface area contributed by atoms with Crippen LogP contribution in [0.2, 0.25) is 0 Å². The zero-order valence-corrected chi connectivity index (χ0v) is 14.1. The highest BCUT2D eigenvalue weighted by Crippen LogP contribution is 2.23. The number of nitrogens with zero attached hydrogens (tertiary/aromatic N) is 2. The van der Waals surface area contributed by atoms with E-state index in [1.54, 1.807) is 0 Å². The lowest BCUT2D eigenvalue weighted by Gasteiger charge is -2.29. The van der Waals surface area contributed by atoms with Crippen LogP contribution in [-0.4, -0.2) is 50.1 Å². The van der Waals surface area contributed by atoms with Crippen molar-refractivity contribution in [3.63, 3.8) is 0 Å². The molecule has 4 heteroatoms. The molecule has 4 nitrogen and oxygen atoms in total. The summed E-state index contributed by atoms with van der Waals surface area (Å²) in [6, 6.07) is 1.25. The first kappa shape index (κ1) is 17.3. The largest absolute Gasteiger partial charge is 0.355 e. The van der Waals surface area contributed by atoms with Gasteiger partial charge in [-0.1, -0.05) is 13.8 Å². The van der Waals surface area contributed by atoms with Gasteiger partial charge in [0.2, 0.25) is 0 Å². The van der Waals surface area contributed by atoms with Gasteiger partial charge in [-0.05, 0) is 52.0 Å². The van der Waals surface area contributed by atoms with E-state index < -0.39 is 0 Å². The molecule has 1 saturated carbocycles. The van der Waals surface area contributed by atoms with Gasteiger partial charge in [0.15, 0.2) is 5.96 Å². The van der Waals surface area contributed by atoms with Gasteiger partial charge in [-0.15, -0.1) is 0 Å². The Bertz CT molecular complexity index is 282.